The third kappa shape index (κ3) is 5.07. The molecule has 152 valence electrons. The highest BCUT2D eigenvalue weighted by molar-refractivity contribution is 7.99. The molecule has 0 bridgehead atoms. The van der Waals surface area contributed by atoms with Crippen molar-refractivity contribution < 1.29 is 9.59 Å². The Morgan fingerprint density at radius 1 is 1.25 bits per heavy atom. The lowest BCUT2D eigenvalue weighted by molar-refractivity contribution is -0.131. The first-order chi connectivity index (χ1) is 13.2. The Morgan fingerprint density at radius 2 is 2.00 bits per heavy atom. The van der Waals surface area contributed by atoms with Crippen LogP contribution in [0.3, 0.4) is 0 Å². The average molecular weight is 403 g/mol. The highest BCUT2D eigenvalue weighted by atomic mass is 32.2. The molecule has 1 N–H and O–H groups in total. The minimum Gasteiger partial charge on any atom is -0.350 e. The fourth-order valence-corrected chi connectivity index (χ4v) is 4.50. The molecule has 2 aromatic rings. The van der Waals surface area contributed by atoms with Gasteiger partial charge in [0.15, 0.2) is 5.16 Å². The summed E-state index contributed by atoms with van der Waals surface area (Å²) >= 11 is 1.42. The number of para-hydroxylation sites is 2. The molecule has 7 heteroatoms. The molecule has 0 radical (unpaired) electrons. The number of hydrogen-bond donors (Lipinski definition) is 1. The van der Waals surface area contributed by atoms with Crippen molar-refractivity contribution in [2.45, 2.75) is 70.2 Å². The Labute approximate surface area is 171 Å². The number of amides is 2. The smallest absolute Gasteiger partial charge is 0.240 e. The number of aromatic nitrogens is 2. The molecule has 1 atom stereocenters. The molecule has 0 saturated carbocycles. The molecule has 1 aromatic carbocycles. The molecule has 1 aliphatic heterocycles. The van der Waals surface area contributed by atoms with Gasteiger partial charge in [0.05, 0.1) is 16.8 Å². The molecule has 6 nitrogen and oxygen atoms in total. The van der Waals surface area contributed by atoms with Crippen LogP contribution in [-0.2, 0) is 16.1 Å². The summed E-state index contributed by atoms with van der Waals surface area (Å²) in [5.74, 6) is 0.428. The molecule has 2 amide bonds. The molecular formula is C21H30N4O2S. The summed E-state index contributed by atoms with van der Waals surface area (Å²) < 4.78 is 1.91. The van der Waals surface area contributed by atoms with Crippen LogP contribution in [0.2, 0.25) is 0 Å². The molecule has 3 rings (SSSR count). The van der Waals surface area contributed by atoms with Crippen LogP contribution in [0.15, 0.2) is 29.4 Å². The second kappa shape index (κ2) is 8.55. The van der Waals surface area contributed by atoms with Gasteiger partial charge in [0, 0.05) is 18.1 Å². The lowest BCUT2D eigenvalue weighted by Gasteiger charge is -2.33. The van der Waals surface area contributed by atoms with Gasteiger partial charge in [0.1, 0.15) is 6.54 Å². The standard InChI is InChI=1S/C21H30N4O2S/c1-15-9-7-8-12-24(15)19(27)14-28-20-22-16-10-5-6-11-17(16)25(20)13-18(26)23-21(2,3)4/h5-6,10-11,15H,7-9,12-14H2,1-4H3,(H,23,26). The van der Waals surface area contributed by atoms with Crippen LogP contribution < -0.4 is 5.32 Å². The van der Waals surface area contributed by atoms with Gasteiger partial charge in [-0.05, 0) is 59.1 Å². The van der Waals surface area contributed by atoms with E-state index in [9.17, 15) is 9.59 Å². The second-order valence-corrected chi connectivity index (χ2v) is 9.43. The van der Waals surface area contributed by atoms with Gasteiger partial charge in [0.25, 0.3) is 0 Å². The second-order valence-electron chi connectivity index (χ2n) is 8.49. The molecule has 1 saturated heterocycles. The summed E-state index contributed by atoms with van der Waals surface area (Å²) in [5.41, 5.74) is 1.46. The van der Waals surface area contributed by atoms with Crippen LogP contribution in [0, 0.1) is 0 Å². The van der Waals surface area contributed by atoms with Crippen molar-refractivity contribution in [3.05, 3.63) is 24.3 Å². The quantitative estimate of drug-likeness (QED) is 0.778. The molecule has 0 spiro atoms. The van der Waals surface area contributed by atoms with E-state index in [0.717, 1.165) is 30.4 Å². The number of piperidine rings is 1. The van der Waals surface area contributed by atoms with Gasteiger partial charge < -0.3 is 14.8 Å². The maximum absolute atomic E-state index is 12.7. The Morgan fingerprint density at radius 3 is 2.71 bits per heavy atom. The maximum atomic E-state index is 12.7. The minimum absolute atomic E-state index is 0.0616. The van der Waals surface area contributed by atoms with Gasteiger partial charge >= 0.3 is 0 Å². The van der Waals surface area contributed by atoms with Crippen LogP contribution in [0.25, 0.3) is 11.0 Å². The van der Waals surface area contributed by atoms with Gasteiger partial charge in [-0.25, -0.2) is 4.98 Å². The summed E-state index contributed by atoms with van der Waals surface area (Å²) in [6.45, 7) is 9.04. The van der Waals surface area contributed by atoms with Crippen LogP contribution in [0.5, 0.6) is 0 Å². The predicted molar refractivity (Wildman–Crippen MR) is 113 cm³/mol. The van der Waals surface area contributed by atoms with Gasteiger partial charge in [-0.1, -0.05) is 23.9 Å². The number of nitrogens with zero attached hydrogens (tertiary/aromatic N) is 3. The van der Waals surface area contributed by atoms with Crippen molar-refractivity contribution in [3.8, 4) is 0 Å². The van der Waals surface area contributed by atoms with E-state index >= 15 is 0 Å². The first-order valence-electron chi connectivity index (χ1n) is 9.93. The number of carbonyl (C=O) groups excluding carboxylic acids is 2. The molecule has 0 aliphatic carbocycles. The first-order valence-corrected chi connectivity index (χ1v) is 10.9. The minimum atomic E-state index is -0.291. The van der Waals surface area contributed by atoms with Crippen molar-refractivity contribution in [2.24, 2.45) is 0 Å². The zero-order valence-corrected chi connectivity index (χ0v) is 18.0. The Balaban J connectivity index is 1.76. The Bertz CT molecular complexity index is 856. The fourth-order valence-electron chi connectivity index (χ4n) is 3.60. The predicted octanol–water partition coefficient (Wildman–Crippen LogP) is 3.44. The van der Waals surface area contributed by atoms with Gasteiger partial charge in [0.2, 0.25) is 11.8 Å². The number of thioether (sulfide) groups is 1. The van der Waals surface area contributed by atoms with E-state index in [-0.39, 0.29) is 23.9 Å². The van der Waals surface area contributed by atoms with E-state index in [2.05, 4.69) is 17.2 Å². The molecule has 1 unspecified atom stereocenters. The first kappa shape index (κ1) is 20.7. The van der Waals surface area contributed by atoms with Crippen LogP contribution in [0.4, 0.5) is 0 Å². The van der Waals surface area contributed by atoms with E-state index in [1.807, 2.05) is 54.5 Å². The average Bonchev–Trinajstić information content (AvgIpc) is 2.96. The summed E-state index contributed by atoms with van der Waals surface area (Å²) in [5, 5.41) is 3.71. The normalized spacial score (nSPS) is 17.7. The van der Waals surface area contributed by atoms with Crippen molar-refractivity contribution in [1.29, 1.82) is 0 Å². The van der Waals surface area contributed by atoms with E-state index in [0.29, 0.717) is 17.0 Å². The van der Waals surface area contributed by atoms with E-state index in [4.69, 9.17) is 0 Å². The lowest BCUT2D eigenvalue weighted by atomic mass is 10.0. The molecule has 1 fully saturated rings. The molecular weight excluding hydrogens is 372 g/mol. The van der Waals surface area contributed by atoms with Gasteiger partial charge in [-0.2, -0.15) is 0 Å². The molecule has 1 aromatic heterocycles. The van der Waals surface area contributed by atoms with Crippen molar-refractivity contribution in [3.63, 3.8) is 0 Å². The SMILES string of the molecule is CC1CCCCN1C(=O)CSc1nc2ccccc2n1CC(=O)NC(C)(C)C. The monoisotopic (exact) mass is 402 g/mol. The van der Waals surface area contributed by atoms with Crippen LogP contribution in [0.1, 0.15) is 47.0 Å². The number of likely N-dealkylation sites (tertiary alicyclic amines) is 1. The number of imidazole rings is 1. The number of hydrogen-bond acceptors (Lipinski definition) is 4. The molecule has 1 aliphatic rings. The number of carbonyl (C=O) groups is 2. The lowest BCUT2D eigenvalue weighted by Crippen LogP contribution is -2.43. The highest BCUT2D eigenvalue weighted by Crippen LogP contribution is 2.25. The summed E-state index contributed by atoms with van der Waals surface area (Å²) in [7, 11) is 0. The largest absolute Gasteiger partial charge is 0.350 e. The van der Waals surface area contributed by atoms with Gasteiger partial charge in [-0.15, -0.1) is 0 Å². The third-order valence-corrected chi connectivity index (χ3v) is 5.84. The van der Waals surface area contributed by atoms with E-state index < -0.39 is 0 Å². The van der Waals surface area contributed by atoms with Crippen molar-refractivity contribution in [2.75, 3.05) is 12.3 Å². The number of rotatable bonds is 5. The van der Waals surface area contributed by atoms with Crippen molar-refractivity contribution >= 4 is 34.6 Å². The topological polar surface area (TPSA) is 67.2 Å². The van der Waals surface area contributed by atoms with Gasteiger partial charge in [-0.3, -0.25) is 9.59 Å². The van der Waals surface area contributed by atoms with E-state index in [1.54, 1.807) is 0 Å². The summed E-state index contributed by atoms with van der Waals surface area (Å²) in [6.07, 6.45) is 3.34. The Hall–Kier alpha value is -2.02. The summed E-state index contributed by atoms with van der Waals surface area (Å²) in [6, 6.07) is 8.08. The summed E-state index contributed by atoms with van der Waals surface area (Å²) in [4.78, 5) is 31.9. The number of fused-ring (bicyclic) bond motifs is 1. The third-order valence-electron chi connectivity index (χ3n) is 4.88. The van der Waals surface area contributed by atoms with Crippen LogP contribution in [-0.4, -0.2) is 50.1 Å². The highest BCUT2D eigenvalue weighted by Gasteiger charge is 2.24. The fraction of sp³-hybridized carbons (Fsp3) is 0.571. The number of benzene rings is 1. The van der Waals surface area contributed by atoms with Crippen molar-refractivity contribution in [1.82, 2.24) is 19.8 Å². The zero-order chi connectivity index (χ0) is 20.3. The molecule has 28 heavy (non-hydrogen) atoms. The molecule has 2 heterocycles. The van der Waals surface area contributed by atoms with E-state index in [1.165, 1.54) is 18.2 Å². The number of nitrogens with one attached hydrogen (secondary N) is 1. The Kier molecular flexibility index (Phi) is 6.33. The zero-order valence-electron chi connectivity index (χ0n) is 17.2. The maximum Gasteiger partial charge on any atom is 0.240 e. The van der Waals surface area contributed by atoms with Crippen LogP contribution >= 0.6 is 11.8 Å².